The number of anilines is 1. The molecule has 0 unspecified atom stereocenters. The Labute approximate surface area is 148 Å². The smallest absolute Gasteiger partial charge is 0.153 e. The second-order valence-electron chi connectivity index (χ2n) is 6.86. The number of hydrogen-bond donors (Lipinski definition) is 0. The van der Waals surface area contributed by atoms with Gasteiger partial charge in [-0.25, -0.2) is 4.39 Å². The van der Waals surface area contributed by atoms with Gasteiger partial charge < -0.3 is 9.64 Å². The van der Waals surface area contributed by atoms with Crippen molar-refractivity contribution in [3.8, 4) is 11.5 Å². The summed E-state index contributed by atoms with van der Waals surface area (Å²) in [6.45, 7) is 4.27. The molecule has 0 N–H and O–H groups in total. The molecule has 2 aliphatic rings. The van der Waals surface area contributed by atoms with E-state index in [1.54, 1.807) is 18.3 Å². The van der Waals surface area contributed by atoms with Crippen LogP contribution in [0.3, 0.4) is 0 Å². The van der Waals surface area contributed by atoms with E-state index in [4.69, 9.17) is 4.74 Å². The Balaban J connectivity index is 1.49. The van der Waals surface area contributed by atoms with Crippen molar-refractivity contribution >= 4 is 5.69 Å². The van der Waals surface area contributed by atoms with E-state index in [0.717, 1.165) is 43.5 Å². The highest BCUT2D eigenvalue weighted by molar-refractivity contribution is 5.58. The number of pyridine rings is 1. The molecular formula is C20H24FN3O. The number of halogens is 1. The Kier molecular flexibility index (Phi) is 4.83. The molecule has 0 atom stereocenters. The van der Waals surface area contributed by atoms with Gasteiger partial charge in [0, 0.05) is 44.5 Å². The Morgan fingerprint density at radius 3 is 2.56 bits per heavy atom. The number of benzene rings is 1. The van der Waals surface area contributed by atoms with Gasteiger partial charge in [0.2, 0.25) is 0 Å². The van der Waals surface area contributed by atoms with Crippen LogP contribution < -0.4 is 9.64 Å². The highest BCUT2D eigenvalue weighted by atomic mass is 19.1. The lowest BCUT2D eigenvalue weighted by Crippen LogP contribution is -2.42. The van der Waals surface area contributed by atoms with Gasteiger partial charge in [0.05, 0.1) is 11.9 Å². The first kappa shape index (κ1) is 16.3. The van der Waals surface area contributed by atoms with Crippen molar-refractivity contribution in [3.63, 3.8) is 0 Å². The minimum atomic E-state index is -0.258. The van der Waals surface area contributed by atoms with E-state index in [9.17, 15) is 4.39 Å². The van der Waals surface area contributed by atoms with Gasteiger partial charge in [-0.1, -0.05) is 6.42 Å². The summed E-state index contributed by atoms with van der Waals surface area (Å²) in [6, 6.07) is 8.81. The predicted molar refractivity (Wildman–Crippen MR) is 96.8 cm³/mol. The SMILES string of the molecule is Fc1ccc(Oc2ccncc2N2CCCN(C3CCC3)CC2)cc1. The van der Waals surface area contributed by atoms with Crippen molar-refractivity contribution in [3.05, 3.63) is 48.5 Å². The topological polar surface area (TPSA) is 28.6 Å². The number of ether oxygens (including phenoxy) is 1. The third-order valence-electron chi connectivity index (χ3n) is 5.26. The molecule has 2 aromatic rings. The molecule has 1 saturated heterocycles. The lowest BCUT2D eigenvalue weighted by atomic mass is 9.91. The molecule has 0 bridgehead atoms. The summed E-state index contributed by atoms with van der Waals surface area (Å²) in [4.78, 5) is 9.30. The molecule has 1 aliphatic heterocycles. The van der Waals surface area contributed by atoms with Crippen LogP contribution in [0.15, 0.2) is 42.7 Å². The van der Waals surface area contributed by atoms with Crippen LogP contribution in [0.4, 0.5) is 10.1 Å². The monoisotopic (exact) mass is 341 g/mol. The van der Waals surface area contributed by atoms with E-state index >= 15 is 0 Å². The summed E-state index contributed by atoms with van der Waals surface area (Å²) < 4.78 is 19.1. The Bertz CT molecular complexity index is 702. The van der Waals surface area contributed by atoms with Gasteiger partial charge in [0.15, 0.2) is 5.75 Å². The van der Waals surface area contributed by atoms with Crippen molar-refractivity contribution < 1.29 is 9.13 Å². The average Bonchev–Trinajstić information content (AvgIpc) is 2.82. The largest absolute Gasteiger partial charge is 0.455 e. The van der Waals surface area contributed by atoms with Crippen molar-refractivity contribution in [2.24, 2.45) is 0 Å². The molecule has 0 radical (unpaired) electrons. The van der Waals surface area contributed by atoms with Crippen molar-refractivity contribution in [2.75, 3.05) is 31.1 Å². The second kappa shape index (κ2) is 7.40. The quantitative estimate of drug-likeness (QED) is 0.838. The molecule has 1 aromatic heterocycles. The molecule has 0 amide bonds. The molecular weight excluding hydrogens is 317 g/mol. The highest BCUT2D eigenvalue weighted by Crippen LogP contribution is 2.33. The zero-order valence-electron chi connectivity index (χ0n) is 14.4. The third kappa shape index (κ3) is 3.76. The molecule has 4 rings (SSSR count). The van der Waals surface area contributed by atoms with Crippen molar-refractivity contribution in [1.29, 1.82) is 0 Å². The first-order valence-corrected chi connectivity index (χ1v) is 9.16. The van der Waals surface area contributed by atoms with Crippen LogP contribution in [-0.2, 0) is 0 Å². The number of nitrogens with zero attached hydrogens (tertiary/aromatic N) is 3. The maximum atomic E-state index is 13.1. The van der Waals surface area contributed by atoms with E-state index in [2.05, 4.69) is 14.8 Å². The fourth-order valence-electron chi connectivity index (χ4n) is 3.62. The summed E-state index contributed by atoms with van der Waals surface area (Å²) in [5.74, 6) is 1.16. The third-order valence-corrected chi connectivity index (χ3v) is 5.26. The molecule has 1 aliphatic carbocycles. The highest BCUT2D eigenvalue weighted by Gasteiger charge is 2.27. The van der Waals surface area contributed by atoms with Crippen LogP contribution in [0, 0.1) is 5.82 Å². The van der Waals surface area contributed by atoms with Crippen LogP contribution >= 0.6 is 0 Å². The Morgan fingerprint density at radius 2 is 1.80 bits per heavy atom. The molecule has 5 heteroatoms. The second-order valence-corrected chi connectivity index (χ2v) is 6.86. The minimum Gasteiger partial charge on any atom is -0.455 e. The molecule has 2 fully saturated rings. The first-order valence-electron chi connectivity index (χ1n) is 9.16. The predicted octanol–water partition coefficient (Wildman–Crippen LogP) is 4.08. The van der Waals surface area contributed by atoms with E-state index < -0.39 is 0 Å². The summed E-state index contributed by atoms with van der Waals surface area (Å²) in [7, 11) is 0. The van der Waals surface area contributed by atoms with Gasteiger partial charge in [-0.15, -0.1) is 0 Å². The van der Waals surface area contributed by atoms with Crippen LogP contribution in [0.25, 0.3) is 0 Å². The number of rotatable bonds is 4. The molecule has 0 spiro atoms. The molecule has 1 aromatic carbocycles. The summed E-state index contributed by atoms with van der Waals surface area (Å²) >= 11 is 0. The van der Waals surface area contributed by atoms with Crippen LogP contribution in [0.5, 0.6) is 11.5 Å². The molecule has 25 heavy (non-hydrogen) atoms. The Morgan fingerprint density at radius 1 is 0.960 bits per heavy atom. The summed E-state index contributed by atoms with van der Waals surface area (Å²) in [5, 5.41) is 0. The minimum absolute atomic E-state index is 0.258. The van der Waals surface area contributed by atoms with Crippen LogP contribution in [0.2, 0.25) is 0 Å². The maximum absolute atomic E-state index is 13.1. The Hall–Kier alpha value is -2.14. The zero-order valence-corrected chi connectivity index (χ0v) is 14.4. The van der Waals surface area contributed by atoms with Crippen molar-refractivity contribution in [1.82, 2.24) is 9.88 Å². The zero-order chi connectivity index (χ0) is 17.1. The molecule has 2 heterocycles. The van der Waals surface area contributed by atoms with E-state index in [-0.39, 0.29) is 5.82 Å². The molecule has 132 valence electrons. The normalized spacial score (nSPS) is 19.3. The van der Waals surface area contributed by atoms with E-state index in [1.807, 2.05) is 12.3 Å². The molecule has 4 nitrogen and oxygen atoms in total. The van der Waals surface area contributed by atoms with Crippen molar-refractivity contribution in [2.45, 2.75) is 31.7 Å². The van der Waals surface area contributed by atoms with Crippen LogP contribution in [0.1, 0.15) is 25.7 Å². The van der Waals surface area contributed by atoms with E-state index in [1.165, 1.54) is 37.9 Å². The van der Waals surface area contributed by atoms with Gasteiger partial charge in [0.25, 0.3) is 0 Å². The van der Waals surface area contributed by atoms with E-state index in [0.29, 0.717) is 5.75 Å². The molecule has 1 saturated carbocycles. The van der Waals surface area contributed by atoms with Gasteiger partial charge >= 0.3 is 0 Å². The van der Waals surface area contributed by atoms with Gasteiger partial charge in [-0.2, -0.15) is 0 Å². The number of hydrogen-bond acceptors (Lipinski definition) is 4. The lowest BCUT2D eigenvalue weighted by Gasteiger charge is -2.36. The fraction of sp³-hybridized carbons (Fsp3) is 0.450. The maximum Gasteiger partial charge on any atom is 0.153 e. The standard InChI is InChI=1S/C20H24FN3O/c21-16-5-7-18(8-6-16)25-20-9-10-22-15-19(20)24-12-2-11-23(13-14-24)17-3-1-4-17/h5-10,15,17H,1-4,11-14H2. The number of aromatic nitrogens is 1. The summed E-state index contributed by atoms with van der Waals surface area (Å²) in [6.07, 6.45) is 8.85. The first-order chi connectivity index (χ1) is 12.3. The van der Waals surface area contributed by atoms with Crippen LogP contribution in [-0.4, -0.2) is 42.1 Å². The lowest BCUT2D eigenvalue weighted by molar-refractivity contribution is 0.136. The van der Waals surface area contributed by atoms with Gasteiger partial charge in [-0.05, 0) is 43.5 Å². The van der Waals surface area contributed by atoms with Gasteiger partial charge in [-0.3, -0.25) is 9.88 Å². The summed E-state index contributed by atoms with van der Waals surface area (Å²) in [5.41, 5.74) is 1.02. The van der Waals surface area contributed by atoms with Gasteiger partial charge in [0.1, 0.15) is 11.6 Å². The fourth-order valence-corrected chi connectivity index (χ4v) is 3.62. The average molecular weight is 341 g/mol.